The Kier molecular flexibility index (Phi) is 5.81. The largest absolute Gasteiger partial charge is 0.462 e. The van der Waals surface area contributed by atoms with Crippen molar-refractivity contribution < 1.29 is 22.7 Å². The number of nitrogens with zero attached hydrogens (tertiary/aromatic N) is 1. The molecule has 0 saturated heterocycles. The van der Waals surface area contributed by atoms with Crippen molar-refractivity contribution in [1.82, 2.24) is 4.31 Å². The summed E-state index contributed by atoms with van der Waals surface area (Å²) >= 11 is 0. The van der Waals surface area contributed by atoms with Gasteiger partial charge in [0.25, 0.3) is 0 Å². The zero-order valence-corrected chi connectivity index (χ0v) is 16.5. The maximum absolute atomic E-state index is 13.0. The summed E-state index contributed by atoms with van der Waals surface area (Å²) < 4.78 is 30.8. The minimum atomic E-state index is -3.61. The lowest BCUT2D eigenvalue weighted by atomic mass is 9.95. The lowest BCUT2D eigenvalue weighted by Crippen LogP contribution is -2.50. The van der Waals surface area contributed by atoms with Crippen molar-refractivity contribution in [3.05, 3.63) is 65.2 Å². The summed E-state index contributed by atoms with van der Waals surface area (Å²) in [6.07, 6.45) is 1.35. The van der Waals surface area contributed by atoms with Crippen molar-refractivity contribution in [1.29, 1.82) is 0 Å². The van der Waals surface area contributed by atoms with Crippen LogP contribution in [0.5, 0.6) is 0 Å². The number of esters is 1. The van der Waals surface area contributed by atoms with Crippen molar-refractivity contribution in [2.45, 2.75) is 25.9 Å². The number of anilines is 1. The molecule has 2 aromatic carbocycles. The van der Waals surface area contributed by atoms with Gasteiger partial charge in [-0.1, -0.05) is 36.4 Å². The maximum atomic E-state index is 13.0. The first-order valence-electron chi connectivity index (χ1n) is 8.92. The van der Waals surface area contributed by atoms with Gasteiger partial charge in [0.05, 0.1) is 24.1 Å². The van der Waals surface area contributed by atoms with Gasteiger partial charge >= 0.3 is 5.97 Å². The molecule has 1 heterocycles. The number of hydrogen-bond acceptors (Lipinski definition) is 5. The standard InChI is InChI=1S/C20H22N2O5S/c1-3-27-20(24)16-10-6-7-11-17(16)21-19(23)18-12-14-8-4-5-9-15(14)13-22(18)28(2,25)26/h4-11,18H,3,12-13H2,1-2H3,(H,21,23)/t18-/m0/s1. The molecule has 0 aromatic heterocycles. The molecule has 7 nitrogen and oxygen atoms in total. The predicted octanol–water partition coefficient (Wildman–Crippen LogP) is 2.19. The van der Waals surface area contributed by atoms with E-state index in [9.17, 15) is 18.0 Å². The first-order valence-corrected chi connectivity index (χ1v) is 10.8. The molecule has 0 bridgehead atoms. The Hall–Kier alpha value is -2.71. The highest BCUT2D eigenvalue weighted by atomic mass is 32.2. The summed E-state index contributed by atoms with van der Waals surface area (Å²) in [4.78, 5) is 25.1. The minimum Gasteiger partial charge on any atom is -0.462 e. The molecule has 8 heteroatoms. The summed E-state index contributed by atoms with van der Waals surface area (Å²) in [5.41, 5.74) is 2.32. The number of benzene rings is 2. The fourth-order valence-electron chi connectivity index (χ4n) is 3.27. The Labute approximate surface area is 164 Å². The predicted molar refractivity (Wildman–Crippen MR) is 105 cm³/mol. The van der Waals surface area contributed by atoms with Gasteiger partial charge in [0, 0.05) is 6.54 Å². The number of amides is 1. The Morgan fingerprint density at radius 3 is 2.43 bits per heavy atom. The molecule has 0 radical (unpaired) electrons. The summed E-state index contributed by atoms with van der Waals surface area (Å²) in [7, 11) is -3.61. The smallest absolute Gasteiger partial charge is 0.340 e. The zero-order chi connectivity index (χ0) is 20.3. The molecule has 0 saturated carbocycles. The van der Waals surface area contributed by atoms with Gasteiger partial charge in [0.1, 0.15) is 6.04 Å². The summed E-state index contributed by atoms with van der Waals surface area (Å²) in [5, 5.41) is 2.71. The van der Waals surface area contributed by atoms with Crippen LogP contribution in [-0.4, -0.2) is 43.5 Å². The van der Waals surface area contributed by atoms with E-state index >= 15 is 0 Å². The lowest BCUT2D eigenvalue weighted by molar-refractivity contribution is -0.120. The van der Waals surface area contributed by atoms with Crippen LogP contribution in [0, 0.1) is 0 Å². The molecular weight excluding hydrogens is 380 g/mol. The molecule has 1 amide bonds. The van der Waals surface area contributed by atoms with E-state index in [1.54, 1.807) is 31.2 Å². The number of hydrogen-bond donors (Lipinski definition) is 1. The summed E-state index contributed by atoms with van der Waals surface area (Å²) in [6.45, 7) is 2.04. The monoisotopic (exact) mass is 402 g/mol. The molecule has 2 aromatic rings. The van der Waals surface area contributed by atoms with Crippen molar-refractivity contribution >= 4 is 27.6 Å². The Morgan fingerprint density at radius 1 is 1.11 bits per heavy atom. The first-order chi connectivity index (χ1) is 13.3. The maximum Gasteiger partial charge on any atom is 0.340 e. The fraction of sp³-hybridized carbons (Fsp3) is 0.300. The normalized spacial score (nSPS) is 16.9. The van der Waals surface area contributed by atoms with Crippen molar-refractivity contribution in [2.75, 3.05) is 18.2 Å². The zero-order valence-electron chi connectivity index (χ0n) is 15.7. The van der Waals surface area contributed by atoms with Crippen molar-refractivity contribution in [3.8, 4) is 0 Å². The summed E-state index contributed by atoms with van der Waals surface area (Å²) in [5.74, 6) is -1.04. The lowest BCUT2D eigenvalue weighted by Gasteiger charge is -2.34. The second-order valence-electron chi connectivity index (χ2n) is 6.55. The average Bonchev–Trinajstić information content (AvgIpc) is 2.66. The van der Waals surface area contributed by atoms with E-state index in [2.05, 4.69) is 5.32 Å². The summed E-state index contributed by atoms with van der Waals surface area (Å²) in [6, 6.07) is 13.0. The van der Waals surface area contributed by atoms with Gasteiger partial charge in [-0.15, -0.1) is 0 Å². The van der Waals surface area contributed by atoms with Gasteiger partial charge in [-0.05, 0) is 36.6 Å². The molecule has 0 fully saturated rings. The van der Waals surface area contributed by atoms with Crippen LogP contribution < -0.4 is 5.32 Å². The molecule has 1 atom stereocenters. The van der Waals surface area contributed by atoms with E-state index in [0.717, 1.165) is 17.4 Å². The van der Waals surface area contributed by atoms with Gasteiger partial charge in [-0.3, -0.25) is 4.79 Å². The van der Waals surface area contributed by atoms with E-state index in [4.69, 9.17) is 4.74 Å². The number of nitrogens with one attached hydrogen (secondary N) is 1. The molecule has 28 heavy (non-hydrogen) atoms. The van der Waals surface area contributed by atoms with Crippen LogP contribution in [0.15, 0.2) is 48.5 Å². The Balaban J connectivity index is 1.90. The van der Waals surface area contributed by atoms with Crippen LogP contribution in [-0.2, 0) is 32.5 Å². The topological polar surface area (TPSA) is 92.8 Å². The molecule has 0 unspecified atom stereocenters. The number of rotatable bonds is 5. The number of carbonyl (C=O) groups excluding carboxylic acids is 2. The SMILES string of the molecule is CCOC(=O)c1ccccc1NC(=O)[C@@H]1Cc2ccccc2CN1S(C)(=O)=O. The molecule has 1 aliphatic rings. The van der Waals surface area contributed by atoms with Gasteiger partial charge in [-0.2, -0.15) is 4.31 Å². The molecule has 3 rings (SSSR count). The molecular formula is C20H22N2O5S. The molecule has 148 valence electrons. The average molecular weight is 402 g/mol. The number of ether oxygens (including phenoxy) is 1. The number of fused-ring (bicyclic) bond motifs is 1. The molecule has 1 N–H and O–H groups in total. The van der Waals surface area contributed by atoms with E-state index in [-0.39, 0.29) is 25.1 Å². The van der Waals surface area contributed by atoms with E-state index in [1.165, 1.54) is 4.31 Å². The van der Waals surface area contributed by atoms with Gasteiger partial charge in [0.15, 0.2) is 0 Å². The second kappa shape index (κ2) is 8.12. The third kappa shape index (κ3) is 4.23. The van der Waals surface area contributed by atoms with Crippen LogP contribution in [0.2, 0.25) is 0 Å². The quantitative estimate of drug-likeness (QED) is 0.774. The highest BCUT2D eigenvalue weighted by Gasteiger charge is 2.37. The fourth-order valence-corrected chi connectivity index (χ4v) is 4.27. The Bertz CT molecular complexity index is 1000. The number of carbonyl (C=O) groups is 2. The highest BCUT2D eigenvalue weighted by molar-refractivity contribution is 7.88. The van der Waals surface area contributed by atoms with Crippen LogP contribution in [0.25, 0.3) is 0 Å². The van der Waals surface area contributed by atoms with Gasteiger partial charge < -0.3 is 10.1 Å². The van der Waals surface area contributed by atoms with E-state index in [1.807, 2.05) is 24.3 Å². The minimum absolute atomic E-state index is 0.132. The molecule has 0 aliphatic carbocycles. The first kappa shape index (κ1) is 20.0. The van der Waals surface area contributed by atoms with E-state index < -0.39 is 27.9 Å². The number of sulfonamides is 1. The second-order valence-corrected chi connectivity index (χ2v) is 8.49. The molecule has 1 aliphatic heterocycles. The van der Waals surface area contributed by atoms with Crippen LogP contribution in [0.4, 0.5) is 5.69 Å². The third-order valence-corrected chi connectivity index (χ3v) is 5.85. The van der Waals surface area contributed by atoms with Crippen molar-refractivity contribution in [2.24, 2.45) is 0 Å². The van der Waals surface area contributed by atoms with Crippen LogP contribution in [0.1, 0.15) is 28.4 Å². The van der Waals surface area contributed by atoms with Gasteiger partial charge in [-0.25, -0.2) is 13.2 Å². The van der Waals surface area contributed by atoms with E-state index in [0.29, 0.717) is 5.69 Å². The van der Waals surface area contributed by atoms with Crippen molar-refractivity contribution in [3.63, 3.8) is 0 Å². The Morgan fingerprint density at radius 2 is 1.75 bits per heavy atom. The van der Waals surface area contributed by atoms with Crippen LogP contribution >= 0.6 is 0 Å². The van der Waals surface area contributed by atoms with Crippen LogP contribution in [0.3, 0.4) is 0 Å². The highest BCUT2D eigenvalue weighted by Crippen LogP contribution is 2.27. The van der Waals surface area contributed by atoms with Gasteiger partial charge in [0.2, 0.25) is 15.9 Å². The molecule has 0 spiro atoms. The third-order valence-electron chi connectivity index (χ3n) is 4.61. The number of para-hydroxylation sites is 1.